The summed E-state index contributed by atoms with van der Waals surface area (Å²) in [5.41, 5.74) is 0. The van der Waals surface area contributed by atoms with Crippen molar-refractivity contribution in [1.29, 1.82) is 0 Å². The number of hydrogen-bond donors (Lipinski definition) is 4. The van der Waals surface area contributed by atoms with E-state index in [1.54, 1.807) is 34.6 Å². The SMILES string of the molecule is C/C=C/C[C@@H](C)C[C@H]1C(=O)N[C@@H](CC)C(=O)N(C)[C@H](SCCN(C)C)C(=O)N(C)[C@@H](CC(C)C)C(=O)N[C@@H](C(C)C)C(=O)N(C)[C@@H](CC(C)C)C(=O)N[C@H](C)C(=O)N[C@H](C)C(=O)N(C)[C@H](CC(C)C)C(=O)N(C)C(CC(C)C)C(=O)N(C)[C@H](C(C)C)C(=O)N1C. The Hall–Kier alpha value is -5.78. The molecule has 1 unspecified atom stereocenters. The topological polar surface area (TPSA) is 262 Å². The molecule has 0 aromatic carbocycles. The summed E-state index contributed by atoms with van der Waals surface area (Å²) in [6.07, 6.45) is 5.37. The molecule has 12 atom stereocenters. The average Bonchev–Trinajstić information content (AvgIpc) is 1.01. The molecule has 0 aromatic rings. The Morgan fingerprint density at radius 1 is 0.444 bits per heavy atom. The third kappa shape index (κ3) is 24.0. The van der Waals surface area contributed by atoms with Crippen LogP contribution in [0.5, 0.6) is 0 Å². The zero-order chi connectivity index (χ0) is 69.7. The summed E-state index contributed by atoms with van der Waals surface area (Å²) in [6, 6.07) is -11.6. The third-order valence-electron chi connectivity index (χ3n) is 16.8. The Kier molecular flexibility index (Phi) is 35.0. The van der Waals surface area contributed by atoms with Crippen LogP contribution in [0.4, 0.5) is 0 Å². The number of nitrogens with one attached hydrogen (secondary N) is 4. The molecule has 1 rings (SSSR count). The lowest BCUT2D eigenvalue weighted by Gasteiger charge is -2.41. The van der Waals surface area contributed by atoms with Gasteiger partial charge in [0.15, 0.2) is 5.37 Å². The summed E-state index contributed by atoms with van der Waals surface area (Å²) in [5.74, 6) is -8.02. The first-order valence-electron chi connectivity index (χ1n) is 32.6. The fourth-order valence-corrected chi connectivity index (χ4v) is 12.5. The van der Waals surface area contributed by atoms with E-state index in [1.165, 1.54) is 109 Å². The summed E-state index contributed by atoms with van der Waals surface area (Å²) < 4.78 is 0. The summed E-state index contributed by atoms with van der Waals surface area (Å²) >= 11 is 1.19. The molecule has 0 saturated carbocycles. The van der Waals surface area contributed by atoms with E-state index in [0.29, 0.717) is 18.7 Å². The molecule has 23 nitrogen and oxygen atoms in total. The maximum absolute atomic E-state index is 15.3. The predicted molar refractivity (Wildman–Crippen MR) is 357 cm³/mol. The fourth-order valence-electron chi connectivity index (χ4n) is 11.2. The van der Waals surface area contributed by atoms with Crippen LogP contribution < -0.4 is 21.3 Å². The van der Waals surface area contributed by atoms with E-state index in [4.69, 9.17) is 0 Å². The van der Waals surface area contributed by atoms with Gasteiger partial charge in [0.1, 0.15) is 60.4 Å². The number of carbonyl (C=O) groups excluding carboxylic acids is 11. The molecule has 0 aromatic heterocycles. The molecule has 0 aliphatic carbocycles. The molecule has 11 amide bonds. The van der Waals surface area contributed by atoms with Crippen LogP contribution in [0.25, 0.3) is 0 Å². The van der Waals surface area contributed by atoms with Crippen LogP contribution in [0.3, 0.4) is 0 Å². The molecule has 24 heteroatoms. The first kappa shape index (κ1) is 82.2. The number of rotatable bonds is 19. The zero-order valence-corrected chi connectivity index (χ0v) is 60.7. The van der Waals surface area contributed by atoms with Crippen molar-refractivity contribution < 1.29 is 52.7 Å². The summed E-state index contributed by atoms with van der Waals surface area (Å²) in [4.78, 5) is 174. The van der Waals surface area contributed by atoms with Crippen LogP contribution in [-0.4, -0.2) is 246 Å². The highest BCUT2D eigenvalue weighted by molar-refractivity contribution is 8.00. The minimum absolute atomic E-state index is 0.0913. The van der Waals surface area contributed by atoms with Gasteiger partial charge >= 0.3 is 0 Å². The molecule has 0 radical (unpaired) electrons. The van der Waals surface area contributed by atoms with Gasteiger partial charge in [0.05, 0.1) is 0 Å². The number of amides is 11. The van der Waals surface area contributed by atoms with E-state index >= 15 is 28.8 Å². The lowest BCUT2D eigenvalue weighted by atomic mass is 9.93. The second-order valence-corrected chi connectivity index (χ2v) is 29.0. The van der Waals surface area contributed by atoms with Crippen LogP contribution >= 0.6 is 11.8 Å². The quantitative estimate of drug-likeness (QED) is 0.125. The smallest absolute Gasteiger partial charge is 0.256 e. The van der Waals surface area contributed by atoms with Gasteiger partial charge in [0.2, 0.25) is 59.1 Å². The zero-order valence-electron chi connectivity index (χ0n) is 59.9. The van der Waals surface area contributed by atoms with Gasteiger partial charge in [0.25, 0.3) is 5.91 Å². The second kappa shape index (κ2) is 38.3. The standard InChI is InChI=1S/C66H120N12O11S/c1-27-29-30-44(15)37-50-57(81)69-47(28-2)60(84)78(26)66(90-32-31-71(18)19)65(89)74(22)49(34-39(5)6)58(82)70-53(42(11)12)63(87)72(20)48(33-38(3)4)56(80)67-45(16)55(79)68-46(17)59(83)75(23)51(35-40(7)8)61(85)76(24)52(36-41(9)10)62(86)77(25)54(43(13)14)64(88)73(50)21/h27,29,38-54,66H,28,30-37H2,1-26H3,(H,67,80)(H,68,79)(H,69,81)(H,70,82)/b29-27+/t44-,45-,46-,47+,48+,49+,50+,51-,52?,53+,54-,66-/m1/s1. The molecular weight excluding hydrogens is 1170 g/mol. The number of nitrogens with zero attached hydrogens (tertiary/aromatic N) is 8. The van der Waals surface area contributed by atoms with Crippen molar-refractivity contribution in [3.63, 3.8) is 0 Å². The highest BCUT2D eigenvalue weighted by Gasteiger charge is 2.45. The van der Waals surface area contributed by atoms with Crippen LogP contribution in [-0.2, 0) is 52.7 Å². The highest BCUT2D eigenvalue weighted by Crippen LogP contribution is 2.27. The summed E-state index contributed by atoms with van der Waals surface area (Å²) in [7, 11) is 14.2. The lowest BCUT2D eigenvalue weighted by Crippen LogP contribution is -2.62. The molecular formula is C66H120N12O11S. The Balaban J connectivity index is 4.47. The minimum atomic E-state index is -1.22. The van der Waals surface area contributed by atoms with Crippen molar-refractivity contribution in [2.45, 2.75) is 228 Å². The van der Waals surface area contributed by atoms with E-state index in [-0.39, 0.29) is 68.1 Å². The molecule has 0 spiro atoms. The molecule has 1 saturated heterocycles. The number of hydrogen-bond acceptors (Lipinski definition) is 13. The number of carbonyl (C=O) groups is 11. The fraction of sp³-hybridized carbons (Fsp3) is 0.803. The number of likely N-dealkylation sites (N-methyl/N-ethyl adjacent to an activating group) is 7. The van der Waals surface area contributed by atoms with Crippen molar-refractivity contribution in [2.75, 3.05) is 75.7 Å². The summed E-state index contributed by atoms with van der Waals surface area (Å²) in [6.45, 7) is 31.2. The third-order valence-corrected chi connectivity index (χ3v) is 18.1. The molecule has 1 heterocycles. The highest BCUT2D eigenvalue weighted by atomic mass is 32.2. The monoisotopic (exact) mass is 1290 g/mol. The van der Waals surface area contributed by atoms with Crippen LogP contribution in [0.15, 0.2) is 12.2 Å². The number of allylic oxidation sites excluding steroid dienone is 2. The molecule has 90 heavy (non-hydrogen) atoms. The van der Waals surface area contributed by atoms with Crippen molar-refractivity contribution in [2.24, 2.45) is 41.4 Å². The van der Waals surface area contributed by atoms with Crippen molar-refractivity contribution >= 4 is 76.7 Å². The van der Waals surface area contributed by atoms with Gasteiger partial charge in [-0.1, -0.05) is 109 Å². The van der Waals surface area contributed by atoms with Gasteiger partial charge in [-0.05, 0) is 121 Å². The Labute approximate surface area is 545 Å². The maximum Gasteiger partial charge on any atom is 0.256 e. The van der Waals surface area contributed by atoms with Gasteiger partial charge in [-0.2, -0.15) is 0 Å². The summed E-state index contributed by atoms with van der Waals surface area (Å²) in [5, 5.41) is 10.1. The molecule has 1 aliphatic rings. The Bertz CT molecular complexity index is 2440. The average molecular weight is 1290 g/mol. The van der Waals surface area contributed by atoms with Crippen molar-refractivity contribution in [3.8, 4) is 0 Å². The first-order chi connectivity index (χ1) is 41.6. The minimum Gasteiger partial charge on any atom is -0.343 e. The lowest BCUT2D eigenvalue weighted by molar-refractivity contribution is -0.156. The molecule has 0 bridgehead atoms. The van der Waals surface area contributed by atoms with Crippen LogP contribution in [0.1, 0.15) is 163 Å². The first-order valence-corrected chi connectivity index (χ1v) is 33.6. The van der Waals surface area contributed by atoms with E-state index in [0.717, 1.165) is 0 Å². The largest absolute Gasteiger partial charge is 0.343 e. The van der Waals surface area contributed by atoms with Gasteiger partial charge in [-0.3, -0.25) is 52.7 Å². The molecule has 4 N–H and O–H groups in total. The Morgan fingerprint density at radius 2 is 0.844 bits per heavy atom. The van der Waals surface area contributed by atoms with E-state index in [1.807, 2.05) is 100 Å². The molecule has 1 aliphatic heterocycles. The van der Waals surface area contributed by atoms with E-state index < -0.39 is 143 Å². The normalized spacial score (nSPS) is 26.6. The molecule has 516 valence electrons. The Morgan fingerprint density at radius 3 is 1.29 bits per heavy atom. The maximum atomic E-state index is 15.3. The van der Waals surface area contributed by atoms with Gasteiger partial charge in [0, 0.05) is 61.6 Å². The molecule has 1 fully saturated rings. The van der Waals surface area contributed by atoms with Crippen LogP contribution in [0.2, 0.25) is 0 Å². The van der Waals surface area contributed by atoms with Crippen molar-refractivity contribution in [1.82, 2.24) is 60.5 Å². The van der Waals surface area contributed by atoms with Gasteiger partial charge < -0.3 is 60.5 Å². The number of thioether (sulfide) groups is 1. The van der Waals surface area contributed by atoms with E-state index in [9.17, 15) is 24.0 Å². The predicted octanol–water partition coefficient (Wildman–Crippen LogP) is 4.92. The van der Waals surface area contributed by atoms with Gasteiger partial charge in [-0.25, -0.2) is 0 Å². The van der Waals surface area contributed by atoms with Gasteiger partial charge in [-0.15, -0.1) is 11.8 Å². The van der Waals surface area contributed by atoms with E-state index in [2.05, 4.69) is 21.3 Å². The van der Waals surface area contributed by atoms with Crippen LogP contribution in [0, 0.1) is 41.4 Å². The van der Waals surface area contributed by atoms with Crippen molar-refractivity contribution in [3.05, 3.63) is 12.2 Å². The second-order valence-electron chi connectivity index (χ2n) is 27.8.